The van der Waals surface area contributed by atoms with Gasteiger partial charge in [-0.05, 0) is 32.0 Å². The molecule has 0 fully saturated rings. The Morgan fingerprint density at radius 2 is 2.30 bits per heavy atom. The summed E-state index contributed by atoms with van der Waals surface area (Å²) in [4.78, 5) is 12.2. The van der Waals surface area contributed by atoms with Crippen molar-refractivity contribution in [2.75, 3.05) is 5.32 Å². The quantitative estimate of drug-likeness (QED) is 0.635. The van der Waals surface area contributed by atoms with E-state index in [0.717, 1.165) is 5.82 Å². The molecule has 0 aliphatic rings. The largest absolute Gasteiger partial charge is 0.325 e. The smallest absolute Gasteiger partial charge is 0.237 e. The summed E-state index contributed by atoms with van der Waals surface area (Å²) in [6, 6.07) is 4.04. The van der Waals surface area contributed by atoms with Gasteiger partial charge >= 0.3 is 0 Å². The Labute approximate surface area is 142 Å². The Balaban J connectivity index is 2.05. The highest BCUT2D eigenvalue weighted by atomic mass is 35.5. The molecule has 2 rings (SSSR count). The second kappa shape index (κ2) is 7.61. The van der Waals surface area contributed by atoms with Crippen LogP contribution < -0.4 is 5.32 Å². The number of benzene rings is 1. The second-order valence-corrected chi connectivity index (χ2v) is 6.52. The van der Waals surface area contributed by atoms with Gasteiger partial charge in [0.25, 0.3) is 0 Å². The van der Waals surface area contributed by atoms with Crippen molar-refractivity contribution in [2.45, 2.75) is 30.8 Å². The van der Waals surface area contributed by atoms with Crippen LogP contribution in [-0.4, -0.2) is 25.9 Å². The van der Waals surface area contributed by atoms with Crippen LogP contribution in [0.4, 0.5) is 10.1 Å². The Bertz CT molecular complexity index is 734. The summed E-state index contributed by atoms with van der Waals surface area (Å²) in [7, 11) is 0. The monoisotopic (exact) mass is 354 g/mol. The van der Waals surface area contributed by atoms with Gasteiger partial charge in [0, 0.05) is 12.2 Å². The topological polar surface area (TPSA) is 59.8 Å². The van der Waals surface area contributed by atoms with Crippen LogP contribution in [0.25, 0.3) is 0 Å². The number of allylic oxidation sites excluding steroid dienone is 1. The second-order valence-electron chi connectivity index (χ2n) is 4.81. The van der Waals surface area contributed by atoms with Crippen molar-refractivity contribution in [1.82, 2.24) is 14.8 Å². The number of amides is 1. The van der Waals surface area contributed by atoms with Crippen LogP contribution in [0.2, 0.25) is 5.02 Å². The van der Waals surface area contributed by atoms with Gasteiger partial charge < -0.3 is 9.88 Å². The highest BCUT2D eigenvalue weighted by Crippen LogP contribution is 2.24. The van der Waals surface area contributed by atoms with Gasteiger partial charge in [0.1, 0.15) is 11.6 Å². The highest BCUT2D eigenvalue weighted by Gasteiger charge is 2.19. The zero-order valence-electron chi connectivity index (χ0n) is 12.7. The maximum absolute atomic E-state index is 13.1. The van der Waals surface area contributed by atoms with Crippen LogP contribution in [0.3, 0.4) is 0 Å². The van der Waals surface area contributed by atoms with E-state index in [9.17, 15) is 9.18 Å². The van der Waals surface area contributed by atoms with E-state index in [0.29, 0.717) is 17.4 Å². The molecule has 122 valence electrons. The first-order chi connectivity index (χ1) is 10.9. The van der Waals surface area contributed by atoms with E-state index in [1.165, 1.54) is 30.0 Å². The number of rotatable bonds is 6. The number of nitrogens with zero attached hydrogens (tertiary/aromatic N) is 3. The number of thioether (sulfide) groups is 1. The Morgan fingerprint density at radius 1 is 1.57 bits per heavy atom. The summed E-state index contributed by atoms with van der Waals surface area (Å²) < 4.78 is 15.0. The lowest BCUT2D eigenvalue weighted by molar-refractivity contribution is -0.115. The maximum atomic E-state index is 13.1. The van der Waals surface area contributed by atoms with Crippen molar-refractivity contribution < 1.29 is 9.18 Å². The SMILES string of the molecule is C=CCn1c(C)nnc1S[C@@H](C)C(=O)Nc1ccc(F)c(Cl)c1. The molecule has 0 saturated heterocycles. The number of hydrogen-bond donors (Lipinski definition) is 1. The Morgan fingerprint density at radius 3 is 2.96 bits per heavy atom. The van der Waals surface area contributed by atoms with Gasteiger partial charge in [-0.2, -0.15) is 0 Å². The first-order valence-corrected chi connectivity index (χ1v) is 8.11. The van der Waals surface area contributed by atoms with Gasteiger partial charge in [0.05, 0.1) is 10.3 Å². The van der Waals surface area contributed by atoms with Gasteiger partial charge in [-0.15, -0.1) is 16.8 Å². The van der Waals surface area contributed by atoms with Gasteiger partial charge in [-0.3, -0.25) is 4.79 Å². The third kappa shape index (κ3) is 4.33. The number of aromatic nitrogens is 3. The molecular formula is C15H16ClFN4OS. The first-order valence-electron chi connectivity index (χ1n) is 6.85. The molecule has 0 unspecified atom stereocenters. The summed E-state index contributed by atoms with van der Waals surface area (Å²) in [5, 5.41) is 11.0. The van der Waals surface area contributed by atoms with E-state index in [1.54, 1.807) is 13.0 Å². The molecule has 23 heavy (non-hydrogen) atoms. The summed E-state index contributed by atoms with van der Waals surface area (Å²) in [6.45, 7) is 7.86. The molecule has 0 radical (unpaired) electrons. The van der Waals surface area contributed by atoms with Crippen LogP contribution in [0.1, 0.15) is 12.7 Å². The van der Waals surface area contributed by atoms with Gasteiger partial charge in [-0.25, -0.2) is 4.39 Å². The average Bonchev–Trinajstić information content (AvgIpc) is 2.84. The molecule has 2 aromatic rings. The molecular weight excluding hydrogens is 339 g/mol. The predicted octanol–water partition coefficient (Wildman–Crippen LogP) is 3.68. The number of anilines is 1. The van der Waals surface area contributed by atoms with Crippen LogP contribution in [0, 0.1) is 12.7 Å². The Hall–Kier alpha value is -1.86. The van der Waals surface area contributed by atoms with Crippen LogP contribution >= 0.6 is 23.4 Å². The lowest BCUT2D eigenvalue weighted by atomic mass is 10.3. The van der Waals surface area contributed by atoms with Crippen molar-refractivity contribution in [1.29, 1.82) is 0 Å². The fourth-order valence-electron chi connectivity index (χ4n) is 1.82. The average molecular weight is 355 g/mol. The summed E-state index contributed by atoms with van der Waals surface area (Å²) in [5.74, 6) is -0.00565. The third-order valence-corrected chi connectivity index (χ3v) is 4.42. The van der Waals surface area contributed by atoms with Crippen molar-refractivity contribution in [2.24, 2.45) is 0 Å². The molecule has 0 bridgehead atoms. The van der Waals surface area contributed by atoms with Gasteiger partial charge in [-0.1, -0.05) is 29.4 Å². The number of carbonyl (C=O) groups is 1. The number of nitrogens with one attached hydrogen (secondary N) is 1. The number of carbonyl (C=O) groups excluding carboxylic acids is 1. The fraction of sp³-hybridized carbons (Fsp3) is 0.267. The number of halogens is 2. The molecule has 1 aromatic heterocycles. The summed E-state index contributed by atoms with van der Waals surface area (Å²) >= 11 is 6.99. The lowest BCUT2D eigenvalue weighted by Gasteiger charge is -2.12. The fourth-order valence-corrected chi connectivity index (χ4v) is 2.90. The van der Waals surface area contributed by atoms with E-state index >= 15 is 0 Å². The lowest BCUT2D eigenvalue weighted by Crippen LogP contribution is -2.23. The zero-order valence-corrected chi connectivity index (χ0v) is 14.3. The minimum Gasteiger partial charge on any atom is -0.325 e. The Kier molecular flexibility index (Phi) is 5.79. The predicted molar refractivity (Wildman–Crippen MR) is 90.3 cm³/mol. The standard InChI is InChI=1S/C15H16ClFN4OS/c1-4-7-21-10(3)19-20-15(21)23-9(2)14(22)18-11-5-6-13(17)12(16)8-11/h4-6,8-9H,1,7H2,2-3H3,(H,18,22)/t9-/m0/s1. The van der Waals surface area contributed by atoms with E-state index in [-0.39, 0.29) is 10.9 Å². The van der Waals surface area contributed by atoms with E-state index in [4.69, 9.17) is 11.6 Å². The van der Waals surface area contributed by atoms with Gasteiger partial charge in [0.2, 0.25) is 5.91 Å². The molecule has 1 atom stereocenters. The summed E-state index contributed by atoms with van der Waals surface area (Å²) in [6.07, 6.45) is 1.74. The molecule has 5 nitrogen and oxygen atoms in total. The molecule has 1 aromatic carbocycles. The number of aryl methyl sites for hydroxylation is 1. The van der Waals surface area contributed by atoms with Crippen LogP contribution in [0.5, 0.6) is 0 Å². The van der Waals surface area contributed by atoms with Crippen molar-refractivity contribution >= 4 is 35.0 Å². The molecule has 0 aliphatic carbocycles. The summed E-state index contributed by atoms with van der Waals surface area (Å²) in [5.41, 5.74) is 0.442. The maximum Gasteiger partial charge on any atom is 0.237 e. The van der Waals surface area contributed by atoms with E-state index in [2.05, 4.69) is 22.1 Å². The van der Waals surface area contributed by atoms with Crippen molar-refractivity contribution in [3.05, 3.63) is 47.5 Å². The zero-order chi connectivity index (χ0) is 17.0. The van der Waals surface area contributed by atoms with Crippen LogP contribution in [-0.2, 0) is 11.3 Å². The van der Waals surface area contributed by atoms with Crippen molar-refractivity contribution in [3.8, 4) is 0 Å². The van der Waals surface area contributed by atoms with Crippen molar-refractivity contribution in [3.63, 3.8) is 0 Å². The third-order valence-electron chi connectivity index (χ3n) is 3.05. The highest BCUT2D eigenvalue weighted by molar-refractivity contribution is 8.00. The molecule has 1 N–H and O–H groups in total. The first kappa shape index (κ1) is 17.5. The molecule has 8 heteroatoms. The minimum absolute atomic E-state index is 0.0375. The van der Waals surface area contributed by atoms with E-state index in [1.807, 2.05) is 11.5 Å². The number of hydrogen-bond acceptors (Lipinski definition) is 4. The van der Waals surface area contributed by atoms with E-state index < -0.39 is 11.1 Å². The van der Waals surface area contributed by atoms with Crippen LogP contribution in [0.15, 0.2) is 36.0 Å². The molecule has 1 heterocycles. The molecule has 0 spiro atoms. The normalized spacial score (nSPS) is 12.0. The van der Waals surface area contributed by atoms with Gasteiger partial charge in [0.15, 0.2) is 5.16 Å². The molecule has 0 saturated carbocycles. The minimum atomic E-state index is -0.528. The molecule has 1 amide bonds. The molecule has 0 aliphatic heterocycles.